The van der Waals surface area contributed by atoms with E-state index in [0.29, 0.717) is 32.5 Å². The molecule has 0 saturated carbocycles. The van der Waals surface area contributed by atoms with Gasteiger partial charge in [-0.3, -0.25) is 9.59 Å². The first-order valence-corrected chi connectivity index (χ1v) is 14.4. The van der Waals surface area contributed by atoms with Gasteiger partial charge in [-0.2, -0.15) is 0 Å². The van der Waals surface area contributed by atoms with Gasteiger partial charge in [0, 0.05) is 18.7 Å². The first-order chi connectivity index (χ1) is 17.5. The van der Waals surface area contributed by atoms with Gasteiger partial charge < -0.3 is 9.64 Å². The standard InChI is InChI=1S/C30H47F2NO3/c1-2-3-4-5-6-7-8-9-10-11-12-13-14-15-16-23-36-30(35)25-19-21-33(22-20-25)29(34)26-17-18-27(31)28(32)24-26/h17-18,24-25H,2-16,19-23H2,1H3. The van der Waals surface area contributed by atoms with Crippen LogP contribution in [-0.2, 0) is 9.53 Å². The molecule has 0 spiro atoms. The number of piperidine rings is 1. The summed E-state index contributed by atoms with van der Waals surface area (Å²) in [5.74, 6) is -2.71. The lowest BCUT2D eigenvalue weighted by Crippen LogP contribution is -2.40. The number of esters is 1. The number of halogens is 2. The molecule has 0 bridgehead atoms. The summed E-state index contributed by atoms with van der Waals surface area (Å²) in [6.45, 7) is 3.55. The highest BCUT2D eigenvalue weighted by Crippen LogP contribution is 2.21. The summed E-state index contributed by atoms with van der Waals surface area (Å²) in [4.78, 5) is 26.4. The van der Waals surface area contributed by atoms with Crippen molar-refractivity contribution in [3.63, 3.8) is 0 Å². The third-order valence-electron chi connectivity index (χ3n) is 7.27. The van der Waals surface area contributed by atoms with Crippen molar-refractivity contribution in [1.29, 1.82) is 0 Å². The lowest BCUT2D eigenvalue weighted by atomic mass is 9.96. The molecule has 1 saturated heterocycles. The molecule has 0 unspecified atom stereocenters. The molecular formula is C30H47F2NO3. The minimum absolute atomic E-state index is 0.128. The summed E-state index contributed by atoms with van der Waals surface area (Å²) >= 11 is 0. The second-order valence-corrected chi connectivity index (χ2v) is 10.3. The van der Waals surface area contributed by atoms with Crippen LogP contribution in [0.25, 0.3) is 0 Å². The van der Waals surface area contributed by atoms with E-state index in [2.05, 4.69) is 6.92 Å². The number of unbranched alkanes of at least 4 members (excludes halogenated alkanes) is 14. The van der Waals surface area contributed by atoms with Crippen molar-refractivity contribution in [2.24, 2.45) is 5.92 Å². The van der Waals surface area contributed by atoms with Crippen LogP contribution in [0.5, 0.6) is 0 Å². The lowest BCUT2D eigenvalue weighted by Gasteiger charge is -2.31. The maximum absolute atomic E-state index is 13.4. The highest BCUT2D eigenvalue weighted by Gasteiger charge is 2.29. The van der Waals surface area contributed by atoms with E-state index in [-0.39, 0.29) is 23.4 Å². The Bertz CT molecular complexity index is 763. The number of hydrogen-bond acceptors (Lipinski definition) is 3. The summed E-state index contributed by atoms with van der Waals surface area (Å²) < 4.78 is 32.0. The molecular weight excluding hydrogens is 460 g/mol. The average molecular weight is 508 g/mol. The molecule has 0 radical (unpaired) electrons. The average Bonchev–Trinajstić information content (AvgIpc) is 2.89. The fraction of sp³-hybridized carbons (Fsp3) is 0.733. The molecule has 6 heteroatoms. The maximum atomic E-state index is 13.4. The van der Waals surface area contributed by atoms with Gasteiger partial charge in [-0.15, -0.1) is 0 Å². The Morgan fingerprint density at radius 3 is 1.78 bits per heavy atom. The second-order valence-electron chi connectivity index (χ2n) is 10.3. The minimum atomic E-state index is -1.03. The molecule has 204 valence electrons. The van der Waals surface area contributed by atoms with Gasteiger partial charge in [0.2, 0.25) is 0 Å². The number of ether oxygens (including phenoxy) is 1. The Morgan fingerprint density at radius 1 is 0.778 bits per heavy atom. The predicted octanol–water partition coefficient (Wildman–Crippen LogP) is 8.23. The fourth-order valence-electron chi connectivity index (χ4n) is 4.89. The van der Waals surface area contributed by atoms with Crippen molar-refractivity contribution in [2.45, 2.75) is 116 Å². The third kappa shape index (κ3) is 11.8. The number of carbonyl (C=O) groups excluding carboxylic acids is 2. The fourth-order valence-corrected chi connectivity index (χ4v) is 4.89. The lowest BCUT2D eigenvalue weighted by molar-refractivity contribution is -0.150. The van der Waals surface area contributed by atoms with Crippen LogP contribution in [0, 0.1) is 17.6 Å². The SMILES string of the molecule is CCCCCCCCCCCCCCCCCOC(=O)C1CCN(C(=O)c2ccc(F)c(F)c2)CC1. The second kappa shape index (κ2) is 18.3. The monoisotopic (exact) mass is 507 g/mol. The number of likely N-dealkylation sites (tertiary alicyclic amines) is 1. The first kappa shape index (κ1) is 30.2. The van der Waals surface area contributed by atoms with Crippen molar-refractivity contribution >= 4 is 11.9 Å². The molecule has 4 nitrogen and oxygen atoms in total. The highest BCUT2D eigenvalue weighted by molar-refractivity contribution is 5.94. The van der Waals surface area contributed by atoms with Gasteiger partial charge in [0.15, 0.2) is 11.6 Å². The van der Waals surface area contributed by atoms with E-state index in [1.54, 1.807) is 4.90 Å². The van der Waals surface area contributed by atoms with Crippen LogP contribution >= 0.6 is 0 Å². The van der Waals surface area contributed by atoms with Crippen LogP contribution in [0.15, 0.2) is 18.2 Å². The summed E-state index contributed by atoms with van der Waals surface area (Å²) in [5.41, 5.74) is 0.128. The van der Waals surface area contributed by atoms with E-state index < -0.39 is 11.6 Å². The number of carbonyl (C=O) groups is 2. The van der Waals surface area contributed by atoms with Crippen molar-refractivity contribution in [3.05, 3.63) is 35.4 Å². The Labute approximate surface area is 217 Å². The topological polar surface area (TPSA) is 46.6 Å². The normalized spacial score (nSPS) is 14.2. The zero-order valence-electron chi connectivity index (χ0n) is 22.4. The molecule has 2 rings (SSSR count). The molecule has 1 amide bonds. The molecule has 0 atom stereocenters. The molecule has 0 N–H and O–H groups in total. The van der Waals surface area contributed by atoms with E-state index >= 15 is 0 Å². The molecule has 1 heterocycles. The van der Waals surface area contributed by atoms with Gasteiger partial charge in [0.05, 0.1) is 12.5 Å². The zero-order valence-corrected chi connectivity index (χ0v) is 22.4. The van der Waals surface area contributed by atoms with Crippen molar-refractivity contribution in [3.8, 4) is 0 Å². The van der Waals surface area contributed by atoms with E-state index in [9.17, 15) is 18.4 Å². The molecule has 1 aliphatic heterocycles. The largest absolute Gasteiger partial charge is 0.465 e. The van der Waals surface area contributed by atoms with E-state index in [0.717, 1.165) is 25.0 Å². The Balaban J connectivity index is 1.42. The minimum Gasteiger partial charge on any atom is -0.465 e. The Hall–Kier alpha value is -1.98. The van der Waals surface area contributed by atoms with Crippen LogP contribution in [0.4, 0.5) is 8.78 Å². The van der Waals surface area contributed by atoms with Gasteiger partial charge in [0.1, 0.15) is 0 Å². The summed E-state index contributed by atoms with van der Waals surface area (Å²) in [6, 6.07) is 3.18. The summed E-state index contributed by atoms with van der Waals surface area (Å²) in [7, 11) is 0. The van der Waals surface area contributed by atoms with Crippen molar-refractivity contribution < 1.29 is 23.1 Å². The van der Waals surface area contributed by atoms with E-state index in [1.807, 2.05) is 0 Å². The number of rotatable bonds is 18. The van der Waals surface area contributed by atoms with Gasteiger partial charge in [-0.25, -0.2) is 8.78 Å². The maximum Gasteiger partial charge on any atom is 0.309 e. The predicted molar refractivity (Wildman–Crippen MR) is 141 cm³/mol. The molecule has 1 aromatic rings. The quantitative estimate of drug-likeness (QED) is 0.148. The van der Waals surface area contributed by atoms with Gasteiger partial charge in [-0.1, -0.05) is 96.8 Å². The molecule has 36 heavy (non-hydrogen) atoms. The molecule has 1 aliphatic rings. The van der Waals surface area contributed by atoms with Gasteiger partial charge >= 0.3 is 5.97 Å². The van der Waals surface area contributed by atoms with E-state index in [4.69, 9.17) is 4.74 Å². The highest BCUT2D eigenvalue weighted by atomic mass is 19.2. The van der Waals surface area contributed by atoms with Gasteiger partial charge in [0.25, 0.3) is 5.91 Å². The number of hydrogen-bond donors (Lipinski definition) is 0. The van der Waals surface area contributed by atoms with E-state index in [1.165, 1.54) is 89.5 Å². The molecule has 0 aromatic heterocycles. The van der Waals surface area contributed by atoms with Crippen LogP contribution < -0.4 is 0 Å². The summed E-state index contributed by atoms with van der Waals surface area (Å²) in [5, 5.41) is 0. The van der Waals surface area contributed by atoms with Crippen molar-refractivity contribution in [1.82, 2.24) is 4.90 Å². The number of amides is 1. The van der Waals surface area contributed by atoms with Crippen molar-refractivity contribution in [2.75, 3.05) is 19.7 Å². The van der Waals surface area contributed by atoms with Crippen LogP contribution in [-0.4, -0.2) is 36.5 Å². The molecule has 1 aromatic carbocycles. The third-order valence-corrected chi connectivity index (χ3v) is 7.27. The van der Waals surface area contributed by atoms with Crippen LogP contribution in [0.3, 0.4) is 0 Å². The molecule has 0 aliphatic carbocycles. The first-order valence-electron chi connectivity index (χ1n) is 14.4. The summed E-state index contributed by atoms with van der Waals surface area (Å²) in [6.07, 6.45) is 20.6. The van der Waals surface area contributed by atoms with Crippen LogP contribution in [0.1, 0.15) is 126 Å². The Kier molecular flexibility index (Phi) is 15.4. The zero-order chi connectivity index (χ0) is 26.0. The molecule has 1 fully saturated rings. The smallest absolute Gasteiger partial charge is 0.309 e. The van der Waals surface area contributed by atoms with Gasteiger partial charge in [-0.05, 0) is 37.5 Å². The van der Waals surface area contributed by atoms with Crippen LogP contribution in [0.2, 0.25) is 0 Å². The number of benzene rings is 1. The Morgan fingerprint density at radius 2 is 1.28 bits per heavy atom. The number of nitrogens with zero attached hydrogens (tertiary/aromatic N) is 1.